The summed E-state index contributed by atoms with van der Waals surface area (Å²) in [5, 5.41) is 0. The smallest absolute Gasteiger partial charge is 0.309 e. The normalized spacial score (nSPS) is 18.2. The SMILES string of the molecule is COc1ccc(CCn2c(C)cc(C(=O)COC(=O)[C@H]3C[C@H]3C)c2C)cc1. The number of carbonyl (C=O) groups excluding carboxylic acids is 2. The number of esters is 1. The molecule has 0 radical (unpaired) electrons. The van der Waals surface area contributed by atoms with E-state index in [9.17, 15) is 9.59 Å². The molecule has 0 unspecified atom stereocenters. The van der Waals surface area contributed by atoms with Crippen LogP contribution < -0.4 is 4.74 Å². The van der Waals surface area contributed by atoms with E-state index < -0.39 is 0 Å². The molecule has 0 aliphatic heterocycles. The Morgan fingerprint density at radius 2 is 1.85 bits per heavy atom. The molecule has 0 amide bonds. The quantitative estimate of drug-likeness (QED) is 0.525. The predicted molar refractivity (Wildman–Crippen MR) is 103 cm³/mol. The van der Waals surface area contributed by atoms with E-state index in [-0.39, 0.29) is 24.3 Å². The number of methoxy groups -OCH3 is 1. The van der Waals surface area contributed by atoms with Gasteiger partial charge in [-0.3, -0.25) is 9.59 Å². The van der Waals surface area contributed by atoms with E-state index >= 15 is 0 Å². The summed E-state index contributed by atoms with van der Waals surface area (Å²) in [6, 6.07) is 9.90. The highest BCUT2D eigenvalue weighted by Gasteiger charge is 2.40. The fraction of sp³-hybridized carbons (Fsp3) is 0.455. The number of aromatic nitrogens is 1. The fourth-order valence-corrected chi connectivity index (χ4v) is 3.43. The molecule has 0 N–H and O–H groups in total. The summed E-state index contributed by atoms with van der Waals surface area (Å²) >= 11 is 0. The molecule has 0 saturated heterocycles. The first-order valence-corrected chi connectivity index (χ1v) is 9.40. The van der Waals surface area contributed by atoms with Crippen molar-refractivity contribution in [2.24, 2.45) is 11.8 Å². The monoisotopic (exact) mass is 369 g/mol. The van der Waals surface area contributed by atoms with Crippen LogP contribution in [0.5, 0.6) is 5.75 Å². The predicted octanol–water partition coefficient (Wildman–Crippen LogP) is 3.74. The van der Waals surface area contributed by atoms with Crippen molar-refractivity contribution in [2.75, 3.05) is 13.7 Å². The molecule has 144 valence electrons. The first kappa shape index (κ1) is 19.2. The Bertz CT molecular complexity index is 835. The number of rotatable bonds is 8. The minimum atomic E-state index is -0.246. The lowest BCUT2D eigenvalue weighted by Crippen LogP contribution is -2.16. The van der Waals surface area contributed by atoms with Crippen LogP contribution in [0.15, 0.2) is 30.3 Å². The molecule has 1 fully saturated rings. The van der Waals surface area contributed by atoms with E-state index in [1.807, 2.05) is 39.0 Å². The third kappa shape index (κ3) is 4.41. The van der Waals surface area contributed by atoms with Crippen molar-refractivity contribution in [3.63, 3.8) is 0 Å². The van der Waals surface area contributed by atoms with E-state index in [1.54, 1.807) is 7.11 Å². The van der Waals surface area contributed by atoms with Gasteiger partial charge >= 0.3 is 5.97 Å². The molecular weight excluding hydrogens is 342 g/mol. The average Bonchev–Trinajstić information content (AvgIpc) is 3.33. The van der Waals surface area contributed by atoms with Crippen LogP contribution in [0.1, 0.15) is 40.7 Å². The van der Waals surface area contributed by atoms with Gasteiger partial charge in [0, 0.05) is 23.5 Å². The molecule has 5 nitrogen and oxygen atoms in total. The maximum atomic E-state index is 12.5. The van der Waals surface area contributed by atoms with Crippen molar-refractivity contribution < 1.29 is 19.1 Å². The number of ether oxygens (including phenoxy) is 2. The molecule has 3 rings (SSSR count). The van der Waals surface area contributed by atoms with Gasteiger partial charge in [-0.1, -0.05) is 19.1 Å². The highest BCUT2D eigenvalue weighted by atomic mass is 16.5. The van der Waals surface area contributed by atoms with Crippen LogP contribution >= 0.6 is 0 Å². The summed E-state index contributed by atoms with van der Waals surface area (Å²) in [4.78, 5) is 24.3. The van der Waals surface area contributed by atoms with Crippen molar-refractivity contribution in [3.05, 3.63) is 52.8 Å². The van der Waals surface area contributed by atoms with E-state index in [2.05, 4.69) is 16.7 Å². The zero-order valence-electron chi connectivity index (χ0n) is 16.5. The Hall–Kier alpha value is -2.56. The van der Waals surface area contributed by atoms with Gasteiger partial charge in [-0.25, -0.2) is 0 Å². The second-order valence-electron chi connectivity index (χ2n) is 7.38. The summed E-state index contributed by atoms with van der Waals surface area (Å²) < 4.78 is 12.5. The summed E-state index contributed by atoms with van der Waals surface area (Å²) in [6.07, 6.45) is 1.73. The Labute approximate surface area is 160 Å². The van der Waals surface area contributed by atoms with Crippen LogP contribution in [0.25, 0.3) is 0 Å². The van der Waals surface area contributed by atoms with E-state index in [0.717, 1.165) is 36.5 Å². The zero-order valence-corrected chi connectivity index (χ0v) is 16.5. The summed E-state index contributed by atoms with van der Waals surface area (Å²) in [6.45, 7) is 6.57. The number of nitrogens with zero attached hydrogens (tertiary/aromatic N) is 1. The Morgan fingerprint density at radius 1 is 1.19 bits per heavy atom. The largest absolute Gasteiger partial charge is 0.497 e. The molecule has 1 aliphatic carbocycles. The van der Waals surface area contributed by atoms with Gasteiger partial charge in [0.05, 0.1) is 13.0 Å². The lowest BCUT2D eigenvalue weighted by Gasteiger charge is -2.10. The van der Waals surface area contributed by atoms with E-state index in [0.29, 0.717) is 11.5 Å². The number of hydrogen-bond acceptors (Lipinski definition) is 4. The highest BCUT2D eigenvalue weighted by Crippen LogP contribution is 2.38. The van der Waals surface area contributed by atoms with Gasteiger partial charge in [0.1, 0.15) is 5.75 Å². The van der Waals surface area contributed by atoms with E-state index in [1.165, 1.54) is 5.56 Å². The molecule has 2 aromatic rings. The zero-order chi connectivity index (χ0) is 19.6. The molecule has 1 aromatic heterocycles. The lowest BCUT2D eigenvalue weighted by atomic mass is 10.1. The Morgan fingerprint density at radius 3 is 2.44 bits per heavy atom. The molecule has 1 aliphatic rings. The van der Waals surface area contributed by atoms with Gasteiger partial charge < -0.3 is 14.0 Å². The first-order chi connectivity index (χ1) is 12.9. The van der Waals surface area contributed by atoms with Gasteiger partial charge in [0.25, 0.3) is 0 Å². The Kier molecular flexibility index (Phi) is 5.68. The second kappa shape index (κ2) is 7.99. The van der Waals surface area contributed by atoms with Crippen molar-refractivity contribution in [2.45, 2.75) is 40.2 Å². The van der Waals surface area contributed by atoms with E-state index in [4.69, 9.17) is 9.47 Å². The Balaban J connectivity index is 1.61. The molecule has 1 heterocycles. The van der Waals surface area contributed by atoms with Crippen LogP contribution in [0.2, 0.25) is 0 Å². The number of carbonyl (C=O) groups is 2. The second-order valence-corrected chi connectivity index (χ2v) is 7.38. The third-order valence-corrected chi connectivity index (χ3v) is 5.41. The number of Topliss-reactive ketones (excluding diaryl/α,β-unsaturated/α-hetero) is 1. The molecular formula is C22H27NO4. The molecule has 0 bridgehead atoms. The van der Waals surface area contributed by atoms with Crippen LogP contribution in [-0.2, 0) is 22.5 Å². The maximum Gasteiger partial charge on any atom is 0.309 e. The third-order valence-electron chi connectivity index (χ3n) is 5.41. The van der Waals surface area contributed by atoms with Crippen LogP contribution in [0, 0.1) is 25.7 Å². The average molecular weight is 369 g/mol. The fourth-order valence-electron chi connectivity index (χ4n) is 3.43. The standard InChI is InChI=1S/C22H27NO4/c1-14-11-19(14)22(25)27-13-21(24)20-12-15(2)23(16(20)3)10-9-17-5-7-18(26-4)8-6-17/h5-8,12,14,19H,9-11,13H2,1-4H3/t14-,19+/m1/s1. The van der Waals surface area contributed by atoms with Crippen molar-refractivity contribution >= 4 is 11.8 Å². The molecule has 5 heteroatoms. The van der Waals surface area contributed by atoms with Crippen molar-refractivity contribution in [3.8, 4) is 5.75 Å². The summed E-state index contributed by atoms with van der Waals surface area (Å²) in [5.74, 6) is 0.824. The number of aryl methyl sites for hydroxylation is 2. The van der Waals surface area contributed by atoms with Gasteiger partial charge in [-0.2, -0.15) is 0 Å². The lowest BCUT2D eigenvalue weighted by molar-refractivity contribution is -0.144. The van der Waals surface area contributed by atoms with Gasteiger partial charge in [0.15, 0.2) is 6.61 Å². The van der Waals surface area contributed by atoms with Crippen LogP contribution in [0.3, 0.4) is 0 Å². The van der Waals surface area contributed by atoms with Gasteiger partial charge in [-0.15, -0.1) is 0 Å². The van der Waals surface area contributed by atoms with Gasteiger partial charge in [-0.05, 0) is 56.4 Å². The van der Waals surface area contributed by atoms with Crippen LogP contribution in [-0.4, -0.2) is 30.0 Å². The number of benzene rings is 1. The minimum Gasteiger partial charge on any atom is -0.497 e. The summed E-state index contributed by atoms with van der Waals surface area (Å²) in [5.41, 5.74) is 3.80. The molecule has 2 atom stereocenters. The van der Waals surface area contributed by atoms with Crippen molar-refractivity contribution in [1.82, 2.24) is 4.57 Å². The summed E-state index contributed by atoms with van der Waals surface area (Å²) in [7, 11) is 1.66. The topological polar surface area (TPSA) is 57.5 Å². The number of ketones is 1. The number of hydrogen-bond donors (Lipinski definition) is 0. The van der Waals surface area contributed by atoms with Gasteiger partial charge in [0.2, 0.25) is 5.78 Å². The minimum absolute atomic E-state index is 0.0188. The van der Waals surface area contributed by atoms with Crippen LogP contribution in [0.4, 0.5) is 0 Å². The van der Waals surface area contributed by atoms with Crippen molar-refractivity contribution in [1.29, 1.82) is 0 Å². The first-order valence-electron chi connectivity index (χ1n) is 9.40. The molecule has 1 aromatic carbocycles. The molecule has 0 spiro atoms. The molecule has 27 heavy (non-hydrogen) atoms. The molecule has 1 saturated carbocycles. The highest BCUT2D eigenvalue weighted by molar-refractivity contribution is 5.99. The maximum absolute atomic E-state index is 12.5.